The van der Waals surface area contributed by atoms with Gasteiger partial charge in [-0.25, -0.2) is 0 Å². The van der Waals surface area contributed by atoms with Crippen molar-refractivity contribution in [2.45, 2.75) is 6.92 Å². The molecule has 0 saturated heterocycles. The van der Waals surface area contributed by atoms with Crippen LogP contribution in [0.3, 0.4) is 0 Å². The molecule has 0 aliphatic carbocycles. The molecule has 2 aromatic rings. The van der Waals surface area contributed by atoms with Gasteiger partial charge in [-0.05, 0) is 24.4 Å². The Morgan fingerprint density at radius 1 is 1.36 bits per heavy atom. The minimum atomic E-state index is -0.0295. The molecule has 3 heteroatoms. The third-order valence-corrected chi connectivity index (χ3v) is 2.54. The van der Waals surface area contributed by atoms with Gasteiger partial charge >= 0.3 is 0 Å². The summed E-state index contributed by atoms with van der Waals surface area (Å²) in [7, 11) is 1.75. The van der Waals surface area contributed by atoms with Crippen molar-refractivity contribution in [2.75, 3.05) is 5.73 Å². The van der Waals surface area contributed by atoms with E-state index in [9.17, 15) is 4.79 Å². The molecule has 1 heterocycles. The van der Waals surface area contributed by atoms with Crippen LogP contribution in [0, 0.1) is 6.92 Å². The van der Waals surface area contributed by atoms with Gasteiger partial charge < -0.3 is 10.3 Å². The number of hydrogen-bond donors (Lipinski definition) is 1. The Labute approximate surface area is 81.8 Å². The molecule has 1 aromatic carbocycles. The van der Waals surface area contributed by atoms with E-state index in [4.69, 9.17) is 5.73 Å². The zero-order valence-corrected chi connectivity index (χ0v) is 8.24. The second-order valence-corrected chi connectivity index (χ2v) is 3.46. The fourth-order valence-electron chi connectivity index (χ4n) is 1.61. The lowest BCUT2D eigenvalue weighted by molar-refractivity contribution is 0.831. The van der Waals surface area contributed by atoms with Crippen LogP contribution < -0.4 is 11.3 Å². The number of benzene rings is 1. The lowest BCUT2D eigenvalue weighted by atomic mass is 10.1. The highest BCUT2D eigenvalue weighted by Gasteiger charge is 2.05. The largest absolute Gasteiger partial charge is 0.398 e. The molecule has 0 amide bonds. The lowest BCUT2D eigenvalue weighted by Crippen LogP contribution is -2.19. The van der Waals surface area contributed by atoms with E-state index in [0.717, 1.165) is 11.1 Å². The number of fused-ring (bicyclic) bond motifs is 1. The van der Waals surface area contributed by atoms with Gasteiger partial charge in [0.15, 0.2) is 0 Å². The molecule has 0 aliphatic rings. The molecule has 0 bridgehead atoms. The van der Waals surface area contributed by atoms with Crippen molar-refractivity contribution >= 4 is 16.5 Å². The predicted molar refractivity (Wildman–Crippen MR) is 58.3 cm³/mol. The van der Waals surface area contributed by atoms with Crippen LogP contribution in [-0.2, 0) is 7.05 Å². The molecule has 0 aliphatic heterocycles. The van der Waals surface area contributed by atoms with Crippen LogP contribution in [0.25, 0.3) is 10.8 Å². The molecule has 0 atom stereocenters. The van der Waals surface area contributed by atoms with Gasteiger partial charge in [0, 0.05) is 18.4 Å². The van der Waals surface area contributed by atoms with E-state index < -0.39 is 0 Å². The van der Waals surface area contributed by atoms with Crippen molar-refractivity contribution in [3.8, 4) is 0 Å². The van der Waals surface area contributed by atoms with Crippen molar-refractivity contribution in [1.82, 2.24) is 4.57 Å². The fourth-order valence-corrected chi connectivity index (χ4v) is 1.61. The van der Waals surface area contributed by atoms with Crippen LogP contribution in [0.2, 0.25) is 0 Å². The second kappa shape index (κ2) is 2.87. The van der Waals surface area contributed by atoms with E-state index in [1.54, 1.807) is 17.7 Å². The Morgan fingerprint density at radius 2 is 2.07 bits per heavy atom. The monoisotopic (exact) mass is 188 g/mol. The van der Waals surface area contributed by atoms with E-state index in [-0.39, 0.29) is 5.56 Å². The van der Waals surface area contributed by atoms with Crippen molar-refractivity contribution in [1.29, 1.82) is 0 Å². The molecule has 0 spiro atoms. The molecular weight excluding hydrogens is 176 g/mol. The predicted octanol–water partition coefficient (Wildman–Crippen LogP) is 1.43. The molecular formula is C11H12N2O. The molecule has 0 saturated carbocycles. The van der Waals surface area contributed by atoms with Crippen LogP contribution in [0.15, 0.2) is 29.1 Å². The Bertz CT molecular complexity index is 555. The molecule has 0 unspecified atom stereocenters. The summed E-state index contributed by atoms with van der Waals surface area (Å²) in [5.41, 5.74) is 7.22. The van der Waals surface area contributed by atoms with Gasteiger partial charge in [-0.2, -0.15) is 0 Å². The van der Waals surface area contributed by atoms with Gasteiger partial charge in [-0.3, -0.25) is 4.79 Å². The Hall–Kier alpha value is -1.77. The average Bonchev–Trinajstić information content (AvgIpc) is 2.14. The second-order valence-electron chi connectivity index (χ2n) is 3.46. The van der Waals surface area contributed by atoms with Gasteiger partial charge in [-0.1, -0.05) is 12.1 Å². The lowest BCUT2D eigenvalue weighted by Gasteiger charge is -2.07. The third kappa shape index (κ3) is 1.09. The highest BCUT2D eigenvalue weighted by atomic mass is 16.1. The van der Waals surface area contributed by atoms with Gasteiger partial charge in [0.2, 0.25) is 0 Å². The number of rotatable bonds is 0. The maximum Gasteiger partial charge on any atom is 0.260 e. The number of aromatic nitrogens is 1. The van der Waals surface area contributed by atoms with E-state index in [1.807, 2.05) is 25.1 Å². The van der Waals surface area contributed by atoms with Gasteiger partial charge in [0.1, 0.15) is 0 Å². The first-order valence-corrected chi connectivity index (χ1v) is 4.46. The van der Waals surface area contributed by atoms with Crippen LogP contribution in [0.5, 0.6) is 0 Å². The molecule has 3 nitrogen and oxygen atoms in total. The number of nitrogen functional groups attached to an aromatic ring is 1. The topological polar surface area (TPSA) is 48.0 Å². The van der Waals surface area contributed by atoms with Gasteiger partial charge in [-0.15, -0.1) is 0 Å². The average molecular weight is 188 g/mol. The van der Waals surface area contributed by atoms with Crippen LogP contribution in [0.1, 0.15) is 5.69 Å². The molecule has 14 heavy (non-hydrogen) atoms. The summed E-state index contributed by atoms with van der Waals surface area (Å²) in [5, 5.41) is 1.52. The molecule has 0 fully saturated rings. The summed E-state index contributed by atoms with van der Waals surface area (Å²) in [5.74, 6) is 0. The zero-order valence-electron chi connectivity index (χ0n) is 8.24. The van der Waals surface area contributed by atoms with E-state index >= 15 is 0 Å². The number of aryl methyl sites for hydroxylation is 1. The van der Waals surface area contributed by atoms with Gasteiger partial charge in [0.05, 0.1) is 5.39 Å². The first-order chi connectivity index (χ1) is 6.61. The fraction of sp³-hybridized carbons (Fsp3) is 0.182. The Morgan fingerprint density at radius 3 is 2.79 bits per heavy atom. The number of pyridine rings is 1. The van der Waals surface area contributed by atoms with Gasteiger partial charge in [0.25, 0.3) is 5.56 Å². The molecule has 1 aromatic heterocycles. The first-order valence-electron chi connectivity index (χ1n) is 4.46. The summed E-state index contributed by atoms with van der Waals surface area (Å²) < 4.78 is 1.61. The molecule has 72 valence electrons. The maximum absolute atomic E-state index is 11.9. The standard InChI is InChI=1S/C11H12N2O/c1-7-6-8-4-3-5-9(12)10(8)11(14)13(7)2/h3-6H,12H2,1-2H3. The first kappa shape index (κ1) is 8.81. The summed E-state index contributed by atoms with van der Waals surface area (Å²) in [6, 6.07) is 7.48. The number of nitrogens with two attached hydrogens (primary N) is 1. The maximum atomic E-state index is 11.9. The SMILES string of the molecule is Cc1cc2cccc(N)c2c(=O)n1C. The van der Waals surface area contributed by atoms with Crippen LogP contribution >= 0.6 is 0 Å². The van der Waals surface area contributed by atoms with Crippen molar-refractivity contribution in [3.63, 3.8) is 0 Å². The quantitative estimate of drug-likeness (QED) is 0.636. The smallest absolute Gasteiger partial charge is 0.260 e. The summed E-state index contributed by atoms with van der Waals surface area (Å²) in [6.45, 7) is 1.91. The summed E-state index contributed by atoms with van der Waals surface area (Å²) in [4.78, 5) is 11.9. The Kier molecular flexibility index (Phi) is 1.81. The summed E-state index contributed by atoms with van der Waals surface area (Å²) in [6.07, 6.45) is 0. The third-order valence-electron chi connectivity index (χ3n) is 2.54. The minimum Gasteiger partial charge on any atom is -0.398 e. The van der Waals surface area contributed by atoms with E-state index in [0.29, 0.717) is 11.1 Å². The van der Waals surface area contributed by atoms with E-state index in [2.05, 4.69) is 0 Å². The van der Waals surface area contributed by atoms with Crippen molar-refractivity contribution in [2.24, 2.45) is 7.05 Å². The number of nitrogens with zero attached hydrogens (tertiary/aromatic N) is 1. The Balaban J connectivity index is 3.07. The van der Waals surface area contributed by atoms with Crippen molar-refractivity contribution < 1.29 is 0 Å². The highest BCUT2D eigenvalue weighted by Crippen LogP contribution is 2.17. The number of hydrogen-bond acceptors (Lipinski definition) is 2. The van der Waals surface area contributed by atoms with Crippen molar-refractivity contribution in [3.05, 3.63) is 40.3 Å². The molecule has 2 N–H and O–H groups in total. The molecule has 0 radical (unpaired) electrons. The zero-order chi connectivity index (χ0) is 10.3. The molecule has 2 rings (SSSR count). The summed E-state index contributed by atoms with van der Waals surface area (Å²) >= 11 is 0. The van der Waals surface area contributed by atoms with Crippen LogP contribution in [-0.4, -0.2) is 4.57 Å². The normalized spacial score (nSPS) is 10.7. The number of anilines is 1. The highest BCUT2D eigenvalue weighted by molar-refractivity contribution is 5.92. The van der Waals surface area contributed by atoms with E-state index in [1.165, 1.54) is 0 Å². The minimum absolute atomic E-state index is 0.0295. The van der Waals surface area contributed by atoms with Crippen LogP contribution in [0.4, 0.5) is 5.69 Å².